The highest BCUT2D eigenvalue weighted by molar-refractivity contribution is 6.34. The fourth-order valence-electron chi connectivity index (χ4n) is 3.72. The Morgan fingerprint density at radius 3 is 2.74 bits per heavy atom. The lowest BCUT2D eigenvalue weighted by Crippen LogP contribution is -2.54. The molecule has 0 unspecified atom stereocenters. The van der Waals surface area contributed by atoms with Gasteiger partial charge in [-0.05, 0) is 30.9 Å². The summed E-state index contributed by atoms with van der Waals surface area (Å²) in [5.41, 5.74) is -0.680. The second-order valence-electron chi connectivity index (χ2n) is 7.00. The molecule has 7 nitrogen and oxygen atoms in total. The van der Waals surface area contributed by atoms with E-state index in [9.17, 15) is 19.2 Å². The zero-order chi connectivity index (χ0) is 19.6. The van der Waals surface area contributed by atoms with Gasteiger partial charge in [0.1, 0.15) is 12.1 Å². The molecule has 1 spiro atoms. The molecule has 8 heteroatoms. The zero-order valence-corrected chi connectivity index (χ0v) is 15.8. The number of ketones is 1. The van der Waals surface area contributed by atoms with E-state index < -0.39 is 42.4 Å². The number of esters is 1. The van der Waals surface area contributed by atoms with E-state index in [4.69, 9.17) is 16.3 Å². The number of nitrogens with zero attached hydrogens (tertiary/aromatic N) is 1. The first kappa shape index (κ1) is 19.4. The van der Waals surface area contributed by atoms with Gasteiger partial charge >= 0.3 is 12.0 Å². The SMILES string of the molecule is C[C@@H]1CCCC[C@]12NC(=O)N(CC(=O)OCC(=O)c1ccccc1Cl)C2=O. The predicted octanol–water partition coefficient (Wildman–Crippen LogP) is 2.57. The number of hydrogen-bond acceptors (Lipinski definition) is 5. The molecule has 3 amide bonds. The Morgan fingerprint density at radius 1 is 1.30 bits per heavy atom. The minimum Gasteiger partial charge on any atom is -0.456 e. The number of imide groups is 1. The fourth-order valence-corrected chi connectivity index (χ4v) is 3.97. The summed E-state index contributed by atoms with van der Waals surface area (Å²) in [5, 5.41) is 3.03. The van der Waals surface area contributed by atoms with Gasteiger partial charge in [-0.1, -0.05) is 43.5 Å². The Bertz CT molecular complexity index is 796. The number of rotatable bonds is 5. The van der Waals surface area contributed by atoms with Crippen LogP contribution in [0, 0.1) is 5.92 Å². The van der Waals surface area contributed by atoms with Gasteiger partial charge in [0.05, 0.1) is 5.02 Å². The molecule has 1 aliphatic heterocycles. The molecule has 1 saturated carbocycles. The number of amides is 3. The predicted molar refractivity (Wildman–Crippen MR) is 97.3 cm³/mol. The lowest BCUT2D eigenvalue weighted by molar-refractivity contribution is -0.147. The number of urea groups is 1. The van der Waals surface area contributed by atoms with E-state index in [1.165, 1.54) is 6.07 Å². The van der Waals surface area contributed by atoms with Gasteiger partial charge < -0.3 is 10.1 Å². The van der Waals surface area contributed by atoms with Crippen LogP contribution >= 0.6 is 11.6 Å². The molecule has 27 heavy (non-hydrogen) atoms. The Hall–Kier alpha value is -2.41. The van der Waals surface area contributed by atoms with Gasteiger partial charge in [-0.15, -0.1) is 0 Å². The number of carbonyl (C=O) groups is 4. The second-order valence-corrected chi connectivity index (χ2v) is 7.41. The molecule has 0 radical (unpaired) electrons. The molecule has 2 atom stereocenters. The van der Waals surface area contributed by atoms with Crippen LogP contribution in [0.3, 0.4) is 0 Å². The second kappa shape index (κ2) is 7.68. The quantitative estimate of drug-likeness (QED) is 0.472. The van der Waals surface area contributed by atoms with Crippen molar-refractivity contribution in [3.63, 3.8) is 0 Å². The van der Waals surface area contributed by atoms with Crippen molar-refractivity contribution in [1.29, 1.82) is 0 Å². The Morgan fingerprint density at radius 2 is 2.04 bits per heavy atom. The van der Waals surface area contributed by atoms with Crippen LogP contribution in [0.2, 0.25) is 5.02 Å². The highest BCUT2D eigenvalue weighted by Crippen LogP contribution is 2.38. The molecule has 1 heterocycles. The van der Waals surface area contributed by atoms with E-state index in [1.54, 1.807) is 18.2 Å². The highest BCUT2D eigenvalue weighted by atomic mass is 35.5. The van der Waals surface area contributed by atoms with E-state index in [0.29, 0.717) is 6.42 Å². The van der Waals surface area contributed by atoms with Crippen molar-refractivity contribution >= 4 is 35.3 Å². The third-order valence-corrected chi connectivity index (χ3v) is 5.66. The van der Waals surface area contributed by atoms with Crippen LogP contribution in [-0.4, -0.2) is 47.3 Å². The van der Waals surface area contributed by atoms with E-state index in [1.807, 2.05) is 6.92 Å². The van der Waals surface area contributed by atoms with Crippen LogP contribution < -0.4 is 5.32 Å². The number of Topliss-reactive ketones (excluding diaryl/α,β-unsaturated/α-hetero) is 1. The molecule has 1 N–H and O–H groups in total. The molecule has 1 aliphatic carbocycles. The molecule has 0 aromatic heterocycles. The van der Waals surface area contributed by atoms with Crippen LogP contribution in [0.5, 0.6) is 0 Å². The van der Waals surface area contributed by atoms with Crippen LogP contribution in [-0.2, 0) is 14.3 Å². The number of hydrogen-bond donors (Lipinski definition) is 1. The summed E-state index contributed by atoms with van der Waals surface area (Å²) in [6.07, 6.45) is 3.27. The largest absolute Gasteiger partial charge is 0.456 e. The van der Waals surface area contributed by atoms with Crippen LogP contribution in [0.15, 0.2) is 24.3 Å². The number of halogens is 1. The van der Waals surface area contributed by atoms with Crippen molar-refractivity contribution < 1.29 is 23.9 Å². The summed E-state index contributed by atoms with van der Waals surface area (Å²) < 4.78 is 4.95. The summed E-state index contributed by atoms with van der Waals surface area (Å²) in [4.78, 5) is 50.1. The third-order valence-electron chi connectivity index (χ3n) is 5.33. The lowest BCUT2D eigenvalue weighted by Gasteiger charge is -2.36. The van der Waals surface area contributed by atoms with Crippen LogP contribution in [0.4, 0.5) is 4.79 Å². The van der Waals surface area contributed by atoms with Crippen molar-refractivity contribution in [2.45, 2.75) is 38.1 Å². The van der Waals surface area contributed by atoms with Gasteiger partial charge in [-0.3, -0.25) is 19.3 Å². The smallest absolute Gasteiger partial charge is 0.326 e. The maximum atomic E-state index is 12.8. The van der Waals surface area contributed by atoms with Crippen molar-refractivity contribution in [3.8, 4) is 0 Å². The van der Waals surface area contributed by atoms with Crippen molar-refractivity contribution in [2.24, 2.45) is 5.92 Å². The molecule has 1 aromatic rings. The minimum absolute atomic E-state index is 0.00511. The summed E-state index contributed by atoms with van der Waals surface area (Å²) in [7, 11) is 0. The molecule has 3 rings (SSSR count). The van der Waals surface area contributed by atoms with Crippen LogP contribution in [0.1, 0.15) is 43.0 Å². The molecular weight excluding hydrogens is 372 g/mol. The Labute approximate surface area is 162 Å². The summed E-state index contributed by atoms with van der Waals surface area (Å²) in [6, 6.07) is 5.84. The number of nitrogens with one attached hydrogen (secondary N) is 1. The lowest BCUT2D eigenvalue weighted by atomic mass is 9.73. The van der Waals surface area contributed by atoms with Gasteiger partial charge in [0, 0.05) is 5.56 Å². The number of ether oxygens (including phenoxy) is 1. The first-order chi connectivity index (χ1) is 12.8. The topological polar surface area (TPSA) is 92.8 Å². The fraction of sp³-hybridized carbons (Fsp3) is 0.474. The zero-order valence-electron chi connectivity index (χ0n) is 15.0. The molecule has 2 aliphatic rings. The highest BCUT2D eigenvalue weighted by Gasteiger charge is 2.55. The maximum Gasteiger partial charge on any atom is 0.326 e. The Kier molecular flexibility index (Phi) is 5.51. The van der Waals surface area contributed by atoms with Gasteiger partial charge in [0.2, 0.25) is 5.78 Å². The number of benzene rings is 1. The molecule has 1 saturated heterocycles. The van der Waals surface area contributed by atoms with Gasteiger partial charge in [0.25, 0.3) is 5.91 Å². The number of carbonyl (C=O) groups excluding carboxylic acids is 4. The van der Waals surface area contributed by atoms with E-state index in [-0.39, 0.29) is 16.5 Å². The minimum atomic E-state index is -0.928. The summed E-state index contributed by atoms with van der Waals surface area (Å²) in [5.74, 6) is -1.66. The average Bonchev–Trinajstić information content (AvgIpc) is 2.87. The van der Waals surface area contributed by atoms with E-state index in [2.05, 4.69) is 5.32 Å². The maximum absolute atomic E-state index is 12.8. The molecule has 2 fully saturated rings. The van der Waals surface area contributed by atoms with Gasteiger partial charge in [-0.25, -0.2) is 4.79 Å². The Balaban J connectivity index is 1.59. The first-order valence-corrected chi connectivity index (χ1v) is 9.30. The van der Waals surface area contributed by atoms with E-state index in [0.717, 1.165) is 24.2 Å². The van der Waals surface area contributed by atoms with E-state index >= 15 is 0 Å². The summed E-state index contributed by atoms with van der Waals surface area (Å²) in [6.45, 7) is 0.907. The van der Waals surface area contributed by atoms with Gasteiger partial charge in [0.15, 0.2) is 6.61 Å². The average molecular weight is 393 g/mol. The molecule has 144 valence electrons. The summed E-state index contributed by atoms with van der Waals surface area (Å²) >= 11 is 5.94. The van der Waals surface area contributed by atoms with Crippen molar-refractivity contribution in [2.75, 3.05) is 13.2 Å². The normalized spacial score (nSPS) is 24.8. The molecule has 1 aromatic carbocycles. The standard InChI is InChI=1S/C19H21ClN2O5/c1-12-6-4-5-9-19(12)17(25)22(18(26)21-19)10-16(24)27-11-15(23)13-7-2-3-8-14(13)20/h2-3,7-8,12H,4-6,9-11H2,1H3,(H,21,26)/t12-,19+/m1/s1. The van der Waals surface area contributed by atoms with Crippen molar-refractivity contribution in [1.82, 2.24) is 10.2 Å². The molecular formula is C19H21ClN2O5. The third kappa shape index (κ3) is 3.69. The first-order valence-electron chi connectivity index (χ1n) is 8.92. The van der Waals surface area contributed by atoms with Crippen LogP contribution in [0.25, 0.3) is 0 Å². The van der Waals surface area contributed by atoms with Crippen molar-refractivity contribution in [3.05, 3.63) is 34.9 Å². The van der Waals surface area contributed by atoms with Gasteiger partial charge in [-0.2, -0.15) is 0 Å². The monoisotopic (exact) mass is 392 g/mol. The molecule has 0 bridgehead atoms.